The number of hydrogen-bond acceptors (Lipinski definition) is 4. The number of rotatable bonds is 3. The van der Waals surface area contributed by atoms with Crippen LogP contribution in [0.1, 0.15) is 18.5 Å². The van der Waals surface area contributed by atoms with Crippen molar-refractivity contribution in [3.63, 3.8) is 0 Å². The minimum atomic E-state index is -0.455. The number of nitrogens with one attached hydrogen (secondary N) is 1. The van der Waals surface area contributed by atoms with E-state index < -0.39 is 6.10 Å². The van der Waals surface area contributed by atoms with Gasteiger partial charge in [0, 0.05) is 12.4 Å². The van der Waals surface area contributed by atoms with Crippen LogP contribution in [-0.4, -0.2) is 21.8 Å². The van der Waals surface area contributed by atoms with Crippen LogP contribution in [0.25, 0.3) is 10.8 Å². The fraction of sp³-hybridized carbons (Fsp3) is 0.312. The largest absolute Gasteiger partial charge is 0.489 e. The first-order chi connectivity index (χ1) is 10.7. The molecule has 1 aromatic carbocycles. The summed E-state index contributed by atoms with van der Waals surface area (Å²) in [7, 11) is 1.61. The Kier molecular flexibility index (Phi) is 3.91. The number of hydrogen-bond donors (Lipinski definition) is 1. The van der Waals surface area contributed by atoms with E-state index in [0.717, 1.165) is 11.8 Å². The molecule has 0 spiro atoms. The van der Waals surface area contributed by atoms with E-state index in [1.54, 1.807) is 19.4 Å². The van der Waals surface area contributed by atoms with Gasteiger partial charge < -0.3 is 10.1 Å². The Hall–Kier alpha value is -2.63. The Bertz CT molecular complexity index is 795. The van der Waals surface area contributed by atoms with Crippen LogP contribution in [0.3, 0.4) is 0 Å². The molecular weight excluding hydrogens is 282 g/mol. The van der Waals surface area contributed by atoms with E-state index in [2.05, 4.69) is 10.4 Å². The number of carbonyl (C=O) groups is 1. The summed E-state index contributed by atoms with van der Waals surface area (Å²) in [6, 6.07) is 7.27. The van der Waals surface area contributed by atoms with Crippen molar-refractivity contribution in [2.24, 2.45) is 7.05 Å². The molecule has 1 aliphatic rings. The lowest BCUT2D eigenvalue weighted by molar-refractivity contribution is -0.130. The Labute approximate surface area is 127 Å². The van der Waals surface area contributed by atoms with Crippen LogP contribution >= 0.6 is 0 Å². The number of fused-ring (bicyclic) bond motifs is 1. The van der Waals surface area contributed by atoms with E-state index >= 15 is 0 Å². The van der Waals surface area contributed by atoms with Gasteiger partial charge >= 0.3 is 0 Å². The normalized spacial score (nSPS) is 17.2. The quantitative estimate of drug-likeness (QED) is 0.925. The third kappa shape index (κ3) is 2.72. The average Bonchev–Trinajstić information content (AvgIpc) is 2.57. The molecule has 2 aromatic rings. The first kappa shape index (κ1) is 14.3. The van der Waals surface area contributed by atoms with Gasteiger partial charge in [-0.25, -0.2) is 4.68 Å². The lowest BCUT2D eigenvalue weighted by atomic mass is 10.1. The maximum atomic E-state index is 12.1. The molecule has 0 saturated carbocycles. The summed E-state index contributed by atoms with van der Waals surface area (Å²) in [5.74, 6) is -0.163. The first-order valence-corrected chi connectivity index (χ1v) is 7.20. The molecule has 6 heteroatoms. The molecule has 3 rings (SSSR count). The lowest BCUT2D eigenvalue weighted by Crippen LogP contribution is -2.36. The second-order valence-corrected chi connectivity index (χ2v) is 5.21. The number of nitrogens with zero attached hydrogens (tertiary/aromatic N) is 2. The average molecular weight is 299 g/mol. The van der Waals surface area contributed by atoms with Gasteiger partial charge in [-0.05, 0) is 25.0 Å². The molecule has 1 atom stereocenters. The summed E-state index contributed by atoms with van der Waals surface area (Å²) in [5, 5.41) is 8.44. The molecule has 1 N–H and O–H groups in total. The van der Waals surface area contributed by atoms with E-state index in [4.69, 9.17) is 4.74 Å². The van der Waals surface area contributed by atoms with Crippen LogP contribution in [0.15, 0.2) is 41.4 Å². The van der Waals surface area contributed by atoms with Crippen LogP contribution in [0.2, 0.25) is 0 Å². The molecule has 0 fully saturated rings. The van der Waals surface area contributed by atoms with Crippen molar-refractivity contribution >= 4 is 16.7 Å². The lowest BCUT2D eigenvalue weighted by Gasteiger charge is -2.18. The van der Waals surface area contributed by atoms with Crippen LogP contribution in [-0.2, 0) is 23.1 Å². The smallest absolute Gasteiger partial charge is 0.274 e. The summed E-state index contributed by atoms with van der Waals surface area (Å²) in [5.41, 5.74) is 0.517. The summed E-state index contributed by atoms with van der Waals surface area (Å²) in [4.78, 5) is 24.1. The monoisotopic (exact) mass is 299 g/mol. The van der Waals surface area contributed by atoms with Crippen molar-refractivity contribution in [1.82, 2.24) is 15.1 Å². The van der Waals surface area contributed by atoms with E-state index in [1.807, 2.05) is 24.3 Å². The highest BCUT2D eigenvalue weighted by Gasteiger charge is 2.20. The maximum absolute atomic E-state index is 12.1. The zero-order valence-corrected chi connectivity index (χ0v) is 12.3. The number of allylic oxidation sites excluding steroid dienone is 1. The molecule has 114 valence electrons. The highest BCUT2D eigenvalue weighted by molar-refractivity contribution is 5.85. The van der Waals surface area contributed by atoms with Crippen LogP contribution in [0.4, 0.5) is 0 Å². The Morgan fingerprint density at radius 3 is 2.91 bits per heavy atom. The van der Waals surface area contributed by atoms with Crippen molar-refractivity contribution < 1.29 is 9.53 Å². The second-order valence-electron chi connectivity index (χ2n) is 5.21. The topological polar surface area (TPSA) is 73.2 Å². The van der Waals surface area contributed by atoms with Crippen molar-refractivity contribution in [1.29, 1.82) is 0 Å². The molecule has 1 aliphatic heterocycles. The maximum Gasteiger partial charge on any atom is 0.274 e. The molecule has 22 heavy (non-hydrogen) atoms. The third-order valence-corrected chi connectivity index (χ3v) is 3.69. The van der Waals surface area contributed by atoms with Gasteiger partial charge in [-0.2, -0.15) is 5.10 Å². The van der Waals surface area contributed by atoms with E-state index in [-0.39, 0.29) is 18.0 Å². The van der Waals surface area contributed by atoms with Crippen LogP contribution in [0, 0.1) is 0 Å². The molecule has 1 aromatic heterocycles. The van der Waals surface area contributed by atoms with Gasteiger partial charge in [0.05, 0.1) is 23.9 Å². The minimum Gasteiger partial charge on any atom is -0.489 e. The van der Waals surface area contributed by atoms with Crippen molar-refractivity contribution in [3.8, 4) is 0 Å². The van der Waals surface area contributed by atoms with Gasteiger partial charge in [0.1, 0.15) is 0 Å². The predicted octanol–water partition coefficient (Wildman–Crippen LogP) is 1.24. The van der Waals surface area contributed by atoms with Gasteiger partial charge in [0.15, 0.2) is 6.10 Å². The fourth-order valence-corrected chi connectivity index (χ4v) is 2.52. The molecule has 2 heterocycles. The zero-order valence-electron chi connectivity index (χ0n) is 12.3. The summed E-state index contributed by atoms with van der Waals surface area (Å²) >= 11 is 0. The summed E-state index contributed by atoms with van der Waals surface area (Å²) < 4.78 is 6.59. The second kappa shape index (κ2) is 6.01. The van der Waals surface area contributed by atoms with Gasteiger partial charge in [-0.15, -0.1) is 0 Å². The van der Waals surface area contributed by atoms with E-state index in [0.29, 0.717) is 17.5 Å². The molecule has 6 nitrogen and oxygen atoms in total. The predicted molar refractivity (Wildman–Crippen MR) is 82.1 cm³/mol. The van der Waals surface area contributed by atoms with Gasteiger partial charge in [-0.1, -0.05) is 18.2 Å². The van der Waals surface area contributed by atoms with Crippen molar-refractivity contribution in [2.75, 3.05) is 0 Å². The number of aromatic nitrogens is 2. The number of aryl methyl sites for hydroxylation is 1. The third-order valence-electron chi connectivity index (χ3n) is 3.69. The molecule has 1 amide bonds. The van der Waals surface area contributed by atoms with Crippen molar-refractivity contribution in [2.45, 2.75) is 25.5 Å². The summed E-state index contributed by atoms with van der Waals surface area (Å²) in [6.45, 7) is 0.261. The molecule has 0 aliphatic carbocycles. The van der Waals surface area contributed by atoms with Crippen LogP contribution in [0.5, 0.6) is 0 Å². The number of carbonyl (C=O) groups excluding carboxylic acids is 1. The molecule has 1 unspecified atom stereocenters. The van der Waals surface area contributed by atoms with Gasteiger partial charge in [0.2, 0.25) is 0 Å². The molecule has 0 radical (unpaired) electrons. The highest BCUT2D eigenvalue weighted by Crippen LogP contribution is 2.14. The molecule has 0 saturated heterocycles. The standard InChI is InChI=1S/C16H17N3O3/c1-19-16(21)12-7-3-2-6-11(12)13(18-19)10-17-15(20)14-8-4-5-9-22-14/h2-3,5-7,9,14H,4,8,10H2,1H3,(H,17,20). The Morgan fingerprint density at radius 1 is 1.41 bits per heavy atom. The number of benzene rings is 1. The Morgan fingerprint density at radius 2 is 2.18 bits per heavy atom. The first-order valence-electron chi connectivity index (χ1n) is 7.20. The number of ether oxygens (including phenoxy) is 1. The summed E-state index contributed by atoms with van der Waals surface area (Å²) in [6.07, 6.45) is 4.51. The zero-order chi connectivity index (χ0) is 15.5. The van der Waals surface area contributed by atoms with Gasteiger partial charge in [0.25, 0.3) is 11.5 Å². The highest BCUT2D eigenvalue weighted by atomic mass is 16.5. The van der Waals surface area contributed by atoms with Crippen molar-refractivity contribution in [3.05, 3.63) is 52.7 Å². The Balaban J connectivity index is 1.82. The SMILES string of the molecule is Cn1nc(CNC(=O)C2CCC=CO2)c2ccccc2c1=O. The van der Waals surface area contributed by atoms with E-state index in [9.17, 15) is 9.59 Å². The fourth-order valence-electron chi connectivity index (χ4n) is 2.52. The molecular formula is C16H17N3O3. The van der Waals surface area contributed by atoms with E-state index in [1.165, 1.54) is 4.68 Å². The van der Waals surface area contributed by atoms with Crippen LogP contribution < -0.4 is 10.9 Å². The number of amides is 1. The van der Waals surface area contributed by atoms with Gasteiger partial charge in [-0.3, -0.25) is 9.59 Å². The minimum absolute atomic E-state index is 0.147. The molecule has 0 bridgehead atoms.